The highest BCUT2D eigenvalue weighted by Crippen LogP contribution is 2.19. The number of nitro groups is 1. The van der Waals surface area contributed by atoms with Gasteiger partial charge in [-0.2, -0.15) is 0 Å². The van der Waals surface area contributed by atoms with Crippen molar-refractivity contribution in [3.63, 3.8) is 0 Å². The molecule has 1 aliphatic heterocycles. The third-order valence-corrected chi connectivity index (χ3v) is 6.26. The first kappa shape index (κ1) is 23.5. The molecule has 10 nitrogen and oxygen atoms in total. The molecule has 0 unspecified atom stereocenters. The lowest BCUT2D eigenvalue weighted by Crippen LogP contribution is -2.45. The van der Waals surface area contributed by atoms with Crippen molar-refractivity contribution < 1.29 is 9.72 Å². The van der Waals surface area contributed by atoms with Crippen molar-refractivity contribution >= 4 is 11.6 Å². The van der Waals surface area contributed by atoms with Crippen molar-refractivity contribution in [3.8, 4) is 5.69 Å². The molecule has 0 aliphatic carbocycles. The summed E-state index contributed by atoms with van der Waals surface area (Å²) in [7, 11) is 0. The Labute approximate surface area is 198 Å². The van der Waals surface area contributed by atoms with Crippen LogP contribution in [0.4, 0.5) is 5.69 Å². The average Bonchev–Trinajstić information content (AvgIpc) is 3.25. The monoisotopic (exact) mass is 463 g/mol. The lowest BCUT2D eigenvalue weighted by Gasteiger charge is -2.34. The summed E-state index contributed by atoms with van der Waals surface area (Å²) in [6, 6.07) is 14.2. The summed E-state index contributed by atoms with van der Waals surface area (Å²) in [5, 5.41) is 22.1. The second kappa shape index (κ2) is 10.5. The summed E-state index contributed by atoms with van der Waals surface area (Å²) in [5.74, 6) is -0.333. The zero-order valence-electron chi connectivity index (χ0n) is 19.5. The molecule has 0 spiro atoms. The first-order valence-electron chi connectivity index (χ1n) is 11.4. The van der Waals surface area contributed by atoms with Crippen molar-refractivity contribution in [2.75, 3.05) is 32.7 Å². The highest BCUT2D eigenvalue weighted by molar-refractivity contribution is 5.93. The molecule has 1 aromatic heterocycles. The van der Waals surface area contributed by atoms with E-state index in [1.807, 2.05) is 18.2 Å². The normalized spacial score (nSPS) is 14.8. The number of aromatic nitrogens is 3. The van der Waals surface area contributed by atoms with Gasteiger partial charge >= 0.3 is 0 Å². The Morgan fingerprint density at radius 1 is 1.06 bits per heavy atom. The van der Waals surface area contributed by atoms with E-state index in [0.717, 1.165) is 44.8 Å². The van der Waals surface area contributed by atoms with Crippen LogP contribution in [0.2, 0.25) is 0 Å². The van der Waals surface area contributed by atoms with Gasteiger partial charge in [0.05, 0.1) is 16.3 Å². The van der Waals surface area contributed by atoms with Gasteiger partial charge in [-0.05, 0) is 30.7 Å². The number of hydrogen-bond donors (Lipinski definition) is 1. The quantitative estimate of drug-likeness (QED) is 0.404. The number of rotatable bonds is 8. The van der Waals surface area contributed by atoms with Crippen LogP contribution in [-0.4, -0.2) is 68.3 Å². The number of piperazine rings is 1. The summed E-state index contributed by atoms with van der Waals surface area (Å²) >= 11 is 0. The Kier molecular flexibility index (Phi) is 7.29. The van der Waals surface area contributed by atoms with Crippen LogP contribution in [0.3, 0.4) is 0 Å². The first-order chi connectivity index (χ1) is 16.5. The Morgan fingerprint density at radius 2 is 1.76 bits per heavy atom. The molecule has 178 valence electrons. The first-order valence-corrected chi connectivity index (χ1v) is 11.4. The predicted octanol–water partition coefficient (Wildman–Crippen LogP) is 2.55. The van der Waals surface area contributed by atoms with Gasteiger partial charge in [0.2, 0.25) is 0 Å². The Balaban J connectivity index is 1.42. The number of nitrogens with one attached hydrogen (secondary N) is 1. The fourth-order valence-corrected chi connectivity index (χ4v) is 4.17. The fraction of sp³-hybridized carbons (Fsp3) is 0.375. The topological polar surface area (TPSA) is 109 Å². The lowest BCUT2D eigenvalue weighted by atomic mass is 10.1. The molecular weight excluding hydrogens is 434 g/mol. The third-order valence-electron chi connectivity index (χ3n) is 6.26. The SMILES string of the molecule is CCN1CCN(Cc2ccccc2CNC(=O)c2nnn(-c3cccc([N+](=O)[O-])c3)c2C)CC1. The van der Waals surface area contributed by atoms with Gasteiger partial charge in [-0.1, -0.05) is 42.5 Å². The molecule has 2 heterocycles. The van der Waals surface area contributed by atoms with Crippen LogP contribution in [0.5, 0.6) is 0 Å². The number of nitrogens with zero attached hydrogens (tertiary/aromatic N) is 6. The highest BCUT2D eigenvalue weighted by atomic mass is 16.6. The van der Waals surface area contributed by atoms with Gasteiger partial charge in [0.1, 0.15) is 0 Å². The van der Waals surface area contributed by atoms with Crippen LogP contribution in [0.1, 0.15) is 34.2 Å². The minimum atomic E-state index is -0.468. The molecule has 0 saturated carbocycles. The van der Waals surface area contributed by atoms with Gasteiger partial charge in [0, 0.05) is 51.4 Å². The van der Waals surface area contributed by atoms with Gasteiger partial charge in [-0.15, -0.1) is 5.10 Å². The lowest BCUT2D eigenvalue weighted by molar-refractivity contribution is -0.384. The van der Waals surface area contributed by atoms with E-state index < -0.39 is 4.92 Å². The summed E-state index contributed by atoms with van der Waals surface area (Å²) in [6.45, 7) is 10.5. The Bertz CT molecular complexity index is 1170. The Morgan fingerprint density at radius 3 is 2.47 bits per heavy atom. The van der Waals surface area contributed by atoms with E-state index in [-0.39, 0.29) is 17.3 Å². The van der Waals surface area contributed by atoms with Crippen molar-refractivity contribution in [2.45, 2.75) is 26.9 Å². The third kappa shape index (κ3) is 5.29. The maximum atomic E-state index is 12.9. The molecule has 2 aromatic carbocycles. The largest absolute Gasteiger partial charge is 0.346 e. The minimum absolute atomic E-state index is 0.0499. The molecule has 0 bridgehead atoms. The molecule has 0 radical (unpaired) electrons. The van der Waals surface area contributed by atoms with E-state index in [9.17, 15) is 14.9 Å². The van der Waals surface area contributed by atoms with Crippen molar-refractivity contribution in [3.05, 3.63) is 81.2 Å². The van der Waals surface area contributed by atoms with Crippen LogP contribution in [-0.2, 0) is 13.1 Å². The highest BCUT2D eigenvalue weighted by Gasteiger charge is 2.20. The summed E-state index contributed by atoms with van der Waals surface area (Å²) < 4.78 is 1.44. The number of nitro benzene ring substituents is 1. The molecule has 1 saturated heterocycles. The van der Waals surface area contributed by atoms with Gasteiger partial charge in [-0.3, -0.25) is 19.8 Å². The van der Waals surface area contributed by atoms with Crippen LogP contribution in [0.15, 0.2) is 48.5 Å². The molecule has 4 rings (SSSR count). The molecule has 1 aliphatic rings. The van der Waals surface area contributed by atoms with Crippen molar-refractivity contribution in [1.82, 2.24) is 30.1 Å². The number of likely N-dealkylation sites (N-methyl/N-ethyl adjacent to an activating group) is 1. The van der Waals surface area contributed by atoms with E-state index in [0.29, 0.717) is 17.9 Å². The van der Waals surface area contributed by atoms with Crippen LogP contribution in [0, 0.1) is 17.0 Å². The summed E-state index contributed by atoms with van der Waals surface area (Å²) in [5.41, 5.74) is 3.40. The average molecular weight is 464 g/mol. The number of amides is 1. The van der Waals surface area contributed by atoms with Crippen LogP contribution < -0.4 is 5.32 Å². The van der Waals surface area contributed by atoms with Crippen LogP contribution in [0.25, 0.3) is 5.69 Å². The van der Waals surface area contributed by atoms with Crippen molar-refractivity contribution in [2.24, 2.45) is 0 Å². The second-order valence-electron chi connectivity index (χ2n) is 8.37. The van der Waals surface area contributed by atoms with E-state index in [4.69, 9.17) is 0 Å². The maximum absolute atomic E-state index is 12.9. The van der Waals surface area contributed by atoms with E-state index in [1.54, 1.807) is 19.1 Å². The van der Waals surface area contributed by atoms with Crippen molar-refractivity contribution in [1.29, 1.82) is 0 Å². The number of carbonyl (C=O) groups excluding carboxylic acids is 1. The second-order valence-corrected chi connectivity index (χ2v) is 8.37. The molecular formula is C24H29N7O3. The van der Waals surface area contributed by atoms with E-state index in [2.05, 4.69) is 38.4 Å². The summed E-state index contributed by atoms with van der Waals surface area (Å²) in [6.07, 6.45) is 0. The van der Waals surface area contributed by atoms with Gasteiger partial charge in [0.15, 0.2) is 5.69 Å². The van der Waals surface area contributed by atoms with Gasteiger partial charge in [-0.25, -0.2) is 4.68 Å². The Hall–Kier alpha value is -3.63. The van der Waals surface area contributed by atoms with Gasteiger partial charge < -0.3 is 10.2 Å². The maximum Gasteiger partial charge on any atom is 0.274 e. The molecule has 1 fully saturated rings. The minimum Gasteiger partial charge on any atom is -0.346 e. The smallest absolute Gasteiger partial charge is 0.274 e. The number of benzene rings is 2. The molecule has 34 heavy (non-hydrogen) atoms. The van der Waals surface area contributed by atoms with E-state index in [1.165, 1.54) is 22.4 Å². The standard InChI is InChI=1S/C24H29N7O3/c1-3-28-11-13-29(14-12-28)17-20-8-5-4-7-19(20)16-25-24(32)23-18(2)30(27-26-23)21-9-6-10-22(15-21)31(33)34/h4-10,15H,3,11-14,16-17H2,1-2H3,(H,25,32). The molecule has 0 atom stereocenters. The zero-order valence-corrected chi connectivity index (χ0v) is 19.5. The predicted molar refractivity (Wildman–Crippen MR) is 128 cm³/mol. The summed E-state index contributed by atoms with van der Waals surface area (Å²) in [4.78, 5) is 28.4. The molecule has 3 aromatic rings. The van der Waals surface area contributed by atoms with E-state index >= 15 is 0 Å². The zero-order chi connectivity index (χ0) is 24.1. The number of non-ortho nitro benzene ring substituents is 1. The fourth-order valence-electron chi connectivity index (χ4n) is 4.17. The van der Waals surface area contributed by atoms with Crippen LogP contribution >= 0.6 is 0 Å². The molecule has 1 N–H and O–H groups in total. The number of hydrogen-bond acceptors (Lipinski definition) is 7. The number of carbonyl (C=O) groups is 1. The molecule has 1 amide bonds. The van der Waals surface area contributed by atoms with Gasteiger partial charge in [0.25, 0.3) is 11.6 Å². The molecule has 10 heteroatoms.